The zero-order chi connectivity index (χ0) is 12.7. The van der Waals surface area contributed by atoms with Crippen LogP contribution in [0.5, 0.6) is 0 Å². The van der Waals surface area contributed by atoms with Crippen molar-refractivity contribution < 1.29 is 9.53 Å². The molecule has 6 nitrogen and oxygen atoms in total. The molecule has 0 unspecified atom stereocenters. The lowest BCUT2D eigenvalue weighted by Gasteiger charge is -2.21. The van der Waals surface area contributed by atoms with Crippen LogP contribution in [0.1, 0.15) is 16.9 Å². The normalized spacial score (nSPS) is 10.5. The molecule has 0 saturated carbocycles. The number of hydrogen-bond acceptors (Lipinski definition) is 4. The minimum absolute atomic E-state index is 0.0731. The van der Waals surface area contributed by atoms with Crippen molar-refractivity contribution in [3.8, 4) is 0 Å². The van der Waals surface area contributed by atoms with Gasteiger partial charge in [-0.25, -0.2) is 4.98 Å². The van der Waals surface area contributed by atoms with Gasteiger partial charge in [0.2, 0.25) is 0 Å². The van der Waals surface area contributed by atoms with Gasteiger partial charge in [-0.2, -0.15) is 0 Å². The molecule has 0 atom stereocenters. The van der Waals surface area contributed by atoms with Crippen molar-refractivity contribution >= 4 is 5.91 Å². The first-order valence-corrected chi connectivity index (χ1v) is 5.65. The molecule has 0 radical (unpaired) electrons. The van der Waals surface area contributed by atoms with Gasteiger partial charge in [0.05, 0.1) is 12.9 Å². The number of methoxy groups -OCH3 is 1. The summed E-state index contributed by atoms with van der Waals surface area (Å²) in [5.41, 5.74) is 5.92. The molecule has 0 bridgehead atoms. The van der Waals surface area contributed by atoms with Crippen LogP contribution in [-0.4, -0.2) is 53.7 Å². The Balaban J connectivity index is 2.64. The summed E-state index contributed by atoms with van der Waals surface area (Å²) in [4.78, 5) is 17.9. The average Bonchev–Trinajstić information content (AvgIpc) is 2.75. The maximum atomic E-state index is 12.1. The van der Waals surface area contributed by atoms with Crippen molar-refractivity contribution in [3.63, 3.8) is 0 Å². The molecule has 96 valence electrons. The molecule has 1 amide bonds. The number of nitrogens with zero attached hydrogens (tertiary/aromatic N) is 3. The van der Waals surface area contributed by atoms with E-state index in [1.807, 2.05) is 7.05 Å². The Hall–Kier alpha value is -1.40. The van der Waals surface area contributed by atoms with E-state index < -0.39 is 0 Å². The van der Waals surface area contributed by atoms with E-state index in [0.717, 1.165) is 6.42 Å². The summed E-state index contributed by atoms with van der Waals surface area (Å²) >= 11 is 0. The Morgan fingerprint density at radius 3 is 2.88 bits per heavy atom. The number of carbonyl (C=O) groups is 1. The fraction of sp³-hybridized carbons (Fsp3) is 0.636. The quantitative estimate of drug-likeness (QED) is 0.720. The highest BCUT2D eigenvalue weighted by Crippen LogP contribution is 2.02. The topological polar surface area (TPSA) is 73.4 Å². The molecule has 6 heteroatoms. The molecule has 0 aliphatic carbocycles. The minimum Gasteiger partial charge on any atom is -0.383 e. The van der Waals surface area contributed by atoms with E-state index in [1.165, 1.54) is 0 Å². The second-order valence-electron chi connectivity index (χ2n) is 3.85. The summed E-state index contributed by atoms with van der Waals surface area (Å²) < 4.78 is 6.75. The highest BCUT2D eigenvalue weighted by atomic mass is 16.5. The Bertz CT molecular complexity index is 343. The first-order valence-electron chi connectivity index (χ1n) is 5.65. The maximum Gasteiger partial charge on any atom is 0.274 e. The maximum absolute atomic E-state index is 12.1. The van der Waals surface area contributed by atoms with Crippen LogP contribution in [0.3, 0.4) is 0 Å². The summed E-state index contributed by atoms with van der Waals surface area (Å²) in [7, 11) is 3.45. The number of imidazole rings is 1. The van der Waals surface area contributed by atoms with Crippen molar-refractivity contribution in [3.05, 3.63) is 18.2 Å². The lowest BCUT2D eigenvalue weighted by atomic mass is 10.3. The number of amides is 1. The second-order valence-corrected chi connectivity index (χ2v) is 3.85. The van der Waals surface area contributed by atoms with Crippen molar-refractivity contribution in [2.45, 2.75) is 6.42 Å². The van der Waals surface area contributed by atoms with Crippen LogP contribution in [0.25, 0.3) is 0 Å². The molecule has 0 spiro atoms. The molecule has 0 saturated heterocycles. The number of nitrogens with two attached hydrogens (primary N) is 1. The van der Waals surface area contributed by atoms with Crippen molar-refractivity contribution in [1.82, 2.24) is 14.5 Å². The van der Waals surface area contributed by atoms with Crippen molar-refractivity contribution in [2.75, 3.05) is 33.4 Å². The van der Waals surface area contributed by atoms with Crippen molar-refractivity contribution in [2.24, 2.45) is 12.8 Å². The van der Waals surface area contributed by atoms with E-state index in [4.69, 9.17) is 10.5 Å². The summed E-state index contributed by atoms with van der Waals surface area (Å²) in [6.45, 7) is 2.28. The van der Waals surface area contributed by atoms with E-state index in [1.54, 1.807) is 29.1 Å². The standard InChI is InChI=1S/C11H20N4O2/c1-14-8-10(13-9-14)11(16)15(5-3-4-12)6-7-17-2/h8-9H,3-7,12H2,1-2H3. The molecule has 0 aliphatic heterocycles. The molecule has 1 aromatic rings. The third kappa shape index (κ3) is 4.16. The van der Waals surface area contributed by atoms with Crippen LogP contribution in [-0.2, 0) is 11.8 Å². The fourth-order valence-corrected chi connectivity index (χ4v) is 1.48. The van der Waals surface area contributed by atoms with E-state index in [0.29, 0.717) is 31.9 Å². The Morgan fingerprint density at radius 2 is 2.35 bits per heavy atom. The van der Waals surface area contributed by atoms with Gasteiger partial charge in [0.15, 0.2) is 0 Å². The van der Waals surface area contributed by atoms with Gasteiger partial charge >= 0.3 is 0 Å². The largest absolute Gasteiger partial charge is 0.383 e. The van der Waals surface area contributed by atoms with Crippen LogP contribution in [0.4, 0.5) is 0 Å². The number of aryl methyl sites for hydroxylation is 1. The zero-order valence-corrected chi connectivity index (χ0v) is 10.4. The number of rotatable bonds is 7. The van der Waals surface area contributed by atoms with Gasteiger partial charge in [-0.3, -0.25) is 4.79 Å². The van der Waals surface area contributed by atoms with Crippen LogP contribution in [0.2, 0.25) is 0 Å². The van der Waals surface area contributed by atoms with Crippen LogP contribution < -0.4 is 5.73 Å². The van der Waals surface area contributed by atoms with Crippen LogP contribution >= 0.6 is 0 Å². The molecule has 0 aromatic carbocycles. The molecule has 17 heavy (non-hydrogen) atoms. The Labute approximate surface area is 101 Å². The van der Waals surface area contributed by atoms with Gasteiger partial charge in [-0.1, -0.05) is 0 Å². The molecular weight excluding hydrogens is 220 g/mol. The summed E-state index contributed by atoms with van der Waals surface area (Å²) in [5, 5.41) is 0. The monoisotopic (exact) mass is 240 g/mol. The van der Waals surface area contributed by atoms with E-state index in [9.17, 15) is 4.79 Å². The number of ether oxygens (including phenoxy) is 1. The third-order valence-electron chi connectivity index (χ3n) is 2.41. The van der Waals surface area contributed by atoms with Gasteiger partial charge in [-0.15, -0.1) is 0 Å². The predicted molar refractivity (Wildman–Crippen MR) is 64.7 cm³/mol. The molecule has 0 aliphatic rings. The Kier molecular flexibility index (Phi) is 5.65. The molecule has 1 heterocycles. The number of hydrogen-bond donors (Lipinski definition) is 1. The van der Waals surface area contributed by atoms with Crippen LogP contribution in [0.15, 0.2) is 12.5 Å². The first kappa shape index (κ1) is 13.7. The first-order chi connectivity index (χ1) is 8.19. The van der Waals surface area contributed by atoms with Gasteiger partial charge in [0.1, 0.15) is 5.69 Å². The minimum atomic E-state index is -0.0731. The zero-order valence-electron chi connectivity index (χ0n) is 10.4. The molecular formula is C11H20N4O2. The van der Waals surface area contributed by atoms with E-state index >= 15 is 0 Å². The highest BCUT2D eigenvalue weighted by molar-refractivity contribution is 5.92. The smallest absolute Gasteiger partial charge is 0.274 e. The predicted octanol–water partition coefficient (Wildman–Crippen LogP) is -0.142. The fourth-order valence-electron chi connectivity index (χ4n) is 1.48. The average molecular weight is 240 g/mol. The van der Waals surface area contributed by atoms with Gasteiger partial charge in [0.25, 0.3) is 5.91 Å². The van der Waals surface area contributed by atoms with Gasteiger partial charge < -0.3 is 19.9 Å². The molecule has 1 aromatic heterocycles. The SMILES string of the molecule is COCCN(CCCN)C(=O)c1cn(C)cn1. The molecule has 2 N–H and O–H groups in total. The second kappa shape index (κ2) is 7.03. The lowest BCUT2D eigenvalue weighted by molar-refractivity contribution is 0.0689. The number of aromatic nitrogens is 2. The number of carbonyl (C=O) groups excluding carboxylic acids is 1. The summed E-state index contributed by atoms with van der Waals surface area (Å²) in [6.07, 6.45) is 4.11. The summed E-state index contributed by atoms with van der Waals surface area (Å²) in [5.74, 6) is -0.0731. The molecule has 0 fully saturated rings. The summed E-state index contributed by atoms with van der Waals surface area (Å²) in [6, 6.07) is 0. The third-order valence-corrected chi connectivity index (χ3v) is 2.41. The highest BCUT2D eigenvalue weighted by Gasteiger charge is 2.17. The lowest BCUT2D eigenvalue weighted by Crippen LogP contribution is -2.35. The van der Waals surface area contributed by atoms with E-state index in [-0.39, 0.29) is 5.91 Å². The van der Waals surface area contributed by atoms with E-state index in [2.05, 4.69) is 4.98 Å². The molecule has 1 rings (SSSR count). The Morgan fingerprint density at radius 1 is 1.59 bits per heavy atom. The van der Waals surface area contributed by atoms with Gasteiger partial charge in [-0.05, 0) is 13.0 Å². The van der Waals surface area contributed by atoms with Crippen molar-refractivity contribution in [1.29, 1.82) is 0 Å². The van der Waals surface area contributed by atoms with Crippen LogP contribution in [0, 0.1) is 0 Å². The van der Waals surface area contributed by atoms with Gasteiger partial charge in [0, 0.05) is 33.4 Å².